The van der Waals surface area contributed by atoms with Gasteiger partial charge in [0.2, 0.25) is 20.0 Å². The number of benzene rings is 2. The number of ether oxygens (including phenoxy) is 3. The van der Waals surface area contributed by atoms with Crippen molar-refractivity contribution < 1.29 is 31.0 Å². The van der Waals surface area contributed by atoms with Crippen LogP contribution in [0.3, 0.4) is 0 Å². The molecule has 4 rings (SSSR count). The molecule has 0 aromatic heterocycles. The highest BCUT2D eigenvalue weighted by Gasteiger charge is 2.21. The van der Waals surface area contributed by atoms with Crippen LogP contribution in [0.4, 0.5) is 0 Å². The van der Waals surface area contributed by atoms with E-state index in [0.717, 1.165) is 25.7 Å². The van der Waals surface area contributed by atoms with Crippen molar-refractivity contribution in [2.75, 3.05) is 26.3 Å². The zero-order valence-electron chi connectivity index (χ0n) is 18.1. The lowest BCUT2D eigenvalue weighted by Gasteiger charge is -2.12. The Kier molecular flexibility index (Phi) is 7.67. The molecular formula is C22H28N2O7S2. The minimum absolute atomic E-state index is 0.0830. The van der Waals surface area contributed by atoms with Crippen molar-refractivity contribution >= 4 is 20.0 Å². The highest BCUT2D eigenvalue weighted by molar-refractivity contribution is 7.89. The largest absolute Gasteiger partial charge is 0.457 e. The van der Waals surface area contributed by atoms with Gasteiger partial charge in [-0.25, -0.2) is 26.3 Å². The predicted molar refractivity (Wildman–Crippen MR) is 121 cm³/mol. The fraction of sp³-hybridized carbons (Fsp3) is 0.455. The number of sulfonamides is 2. The summed E-state index contributed by atoms with van der Waals surface area (Å²) in [5.74, 6) is 0.861. The lowest BCUT2D eigenvalue weighted by molar-refractivity contribution is 0.114. The molecule has 2 aliphatic rings. The Balaban J connectivity index is 1.33. The van der Waals surface area contributed by atoms with E-state index >= 15 is 0 Å². The molecule has 0 bridgehead atoms. The van der Waals surface area contributed by atoms with Crippen LogP contribution >= 0.6 is 0 Å². The van der Waals surface area contributed by atoms with Gasteiger partial charge < -0.3 is 14.2 Å². The molecule has 11 heteroatoms. The first kappa shape index (κ1) is 24.1. The molecule has 2 aromatic carbocycles. The summed E-state index contributed by atoms with van der Waals surface area (Å²) < 4.78 is 71.5. The molecule has 2 aromatic rings. The Morgan fingerprint density at radius 1 is 0.697 bits per heavy atom. The van der Waals surface area contributed by atoms with Gasteiger partial charge in [0.25, 0.3) is 0 Å². The van der Waals surface area contributed by atoms with Gasteiger partial charge in [-0.15, -0.1) is 0 Å². The highest BCUT2D eigenvalue weighted by Crippen LogP contribution is 2.24. The number of hydrogen-bond donors (Lipinski definition) is 2. The van der Waals surface area contributed by atoms with E-state index in [2.05, 4.69) is 9.44 Å². The first-order chi connectivity index (χ1) is 15.8. The molecule has 0 unspecified atom stereocenters. The summed E-state index contributed by atoms with van der Waals surface area (Å²) in [5, 5.41) is 0. The first-order valence-corrected chi connectivity index (χ1v) is 13.9. The summed E-state index contributed by atoms with van der Waals surface area (Å²) in [6.07, 6.45) is 3.41. The minimum Gasteiger partial charge on any atom is -0.457 e. The standard InChI is InChI=1S/C22H28N2O7S2/c25-32(26,23-15-19-3-1-13-29-19)21-9-5-17(6-10-21)31-18-7-11-22(12-8-18)33(27,28)24-16-20-4-2-14-30-20/h5-12,19-20,23-24H,1-4,13-16H2/t19-,20-/m1/s1. The topological polar surface area (TPSA) is 120 Å². The van der Waals surface area contributed by atoms with Crippen LogP contribution in [0.25, 0.3) is 0 Å². The van der Waals surface area contributed by atoms with E-state index in [0.29, 0.717) is 24.7 Å². The molecule has 2 atom stereocenters. The molecule has 9 nitrogen and oxygen atoms in total. The Labute approximate surface area is 194 Å². The molecule has 0 spiro atoms. The van der Waals surface area contributed by atoms with Crippen LogP contribution in [0.1, 0.15) is 25.7 Å². The van der Waals surface area contributed by atoms with E-state index in [1.165, 1.54) is 24.3 Å². The van der Waals surface area contributed by atoms with Gasteiger partial charge >= 0.3 is 0 Å². The van der Waals surface area contributed by atoms with Crippen LogP contribution in [-0.2, 0) is 29.5 Å². The molecule has 33 heavy (non-hydrogen) atoms. The lowest BCUT2D eigenvalue weighted by Crippen LogP contribution is -2.31. The molecule has 180 valence electrons. The van der Waals surface area contributed by atoms with Crippen LogP contribution in [0.5, 0.6) is 11.5 Å². The van der Waals surface area contributed by atoms with Crippen molar-refractivity contribution in [3.8, 4) is 11.5 Å². The van der Waals surface area contributed by atoms with Crippen LogP contribution in [0.15, 0.2) is 58.3 Å². The third-order valence-electron chi connectivity index (χ3n) is 5.55. The average Bonchev–Trinajstić information content (AvgIpc) is 3.52. The van der Waals surface area contributed by atoms with Gasteiger partial charge in [0.15, 0.2) is 0 Å². The first-order valence-electron chi connectivity index (χ1n) is 10.9. The van der Waals surface area contributed by atoms with E-state index < -0.39 is 20.0 Å². The number of nitrogens with one attached hydrogen (secondary N) is 2. The van der Waals surface area contributed by atoms with E-state index in [1.807, 2.05) is 0 Å². The van der Waals surface area contributed by atoms with Crippen molar-refractivity contribution in [1.29, 1.82) is 0 Å². The zero-order chi connectivity index (χ0) is 23.3. The monoisotopic (exact) mass is 496 g/mol. The highest BCUT2D eigenvalue weighted by atomic mass is 32.2. The zero-order valence-corrected chi connectivity index (χ0v) is 19.7. The van der Waals surface area contributed by atoms with E-state index in [1.54, 1.807) is 24.3 Å². The van der Waals surface area contributed by atoms with Crippen molar-refractivity contribution in [1.82, 2.24) is 9.44 Å². The normalized spacial score (nSPS) is 21.3. The minimum atomic E-state index is -3.64. The second kappa shape index (κ2) is 10.5. The van der Waals surface area contributed by atoms with Crippen LogP contribution in [0.2, 0.25) is 0 Å². The van der Waals surface area contributed by atoms with Gasteiger partial charge in [-0.05, 0) is 74.2 Å². The predicted octanol–water partition coefficient (Wildman–Crippen LogP) is 2.39. The summed E-state index contributed by atoms with van der Waals surface area (Å²) in [4.78, 5) is 0.262. The summed E-state index contributed by atoms with van der Waals surface area (Å²) in [7, 11) is -7.28. The van der Waals surface area contributed by atoms with Gasteiger partial charge in [-0.2, -0.15) is 0 Å². The second-order valence-corrected chi connectivity index (χ2v) is 11.6. The molecule has 2 fully saturated rings. The molecule has 2 heterocycles. The molecule has 2 N–H and O–H groups in total. The smallest absolute Gasteiger partial charge is 0.240 e. The molecule has 0 radical (unpaired) electrons. The molecule has 0 amide bonds. The molecule has 2 saturated heterocycles. The summed E-state index contributed by atoms with van der Waals surface area (Å²) in [5.41, 5.74) is 0. The van der Waals surface area contributed by atoms with Gasteiger partial charge in [-0.3, -0.25) is 0 Å². The SMILES string of the molecule is O=S(=O)(NC[C@H]1CCCO1)c1ccc(Oc2ccc(S(=O)(=O)NC[C@H]3CCCO3)cc2)cc1. The van der Waals surface area contributed by atoms with Gasteiger partial charge in [0, 0.05) is 26.3 Å². The van der Waals surface area contributed by atoms with E-state index in [4.69, 9.17) is 14.2 Å². The van der Waals surface area contributed by atoms with Crippen molar-refractivity contribution in [3.05, 3.63) is 48.5 Å². The van der Waals surface area contributed by atoms with Crippen LogP contribution < -0.4 is 14.2 Å². The number of rotatable bonds is 10. The third-order valence-corrected chi connectivity index (χ3v) is 8.43. The van der Waals surface area contributed by atoms with Crippen molar-refractivity contribution in [3.63, 3.8) is 0 Å². The van der Waals surface area contributed by atoms with E-state index in [-0.39, 0.29) is 35.1 Å². The number of hydrogen-bond acceptors (Lipinski definition) is 7. The fourth-order valence-corrected chi connectivity index (χ4v) is 5.83. The summed E-state index contributed by atoms with van der Waals surface area (Å²) >= 11 is 0. The van der Waals surface area contributed by atoms with Gasteiger partial charge in [0.1, 0.15) is 11.5 Å². The van der Waals surface area contributed by atoms with Gasteiger partial charge in [-0.1, -0.05) is 0 Å². The quantitative estimate of drug-likeness (QED) is 0.518. The molecule has 0 saturated carbocycles. The maximum absolute atomic E-state index is 12.4. The Bertz CT molecular complexity index is 1030. The van der Waals surface area contributed by atoms with Gasteiger partial charge in [0.05, 0.1) is 22.0 Å². The van der Waals surface area contributed by atoms with Crippen molar-refractivity contribution in [2.45, 2.75) is 47.7 Å². The molecule has 0 aliphatic carbocycles. The molecule has 2 aliphatic heterocycles. The maximum atomic E-state index is 12.4. The Morgan fingerprint density at radius 2 is 1.09 bits per heavy atom. The average molecular weight is 497 g/mol. The lowest BCUT2D eigenvalue weighted by atomic mass is 10.2. The Morgan fingerprint density at radius 3 is 1.42 bits per heavy atom. The fourth-order valence-electron chi connectivity index (χ4n) is 3.69. The van der Waals surface area contributed by atoms with Crippen LogP contribution in [-0.4, -0.2) is 55.3 Å². The summed E-state index contributed by atoms with van der Waals surface area (Å²) in [6, 6.07) is 12.0. The summed E-state index contributed by atoms with van der Waals surface area (Å²) in [6.45, 7) is 1.82. The Hall–Kier alpha value is -2.02. The van der Waals surface area contributed by atoms with Crippen molar-refractivity contribution in [2.24, 2.45) is 0 Å². The second-order valence-electron chi connectivity index (χ2n) is 8.02. The van der Waals surface area contributed by atoms with E-state index in [9.17, 15) is 16.8 Å². The molecular weight excluding hydrogens is 468 g/mol. The third kappa shape index (κ3) is 6.52. The maximum Gasteiger partial charge on any atom is 0.240 e. The van der Waals surface area contributed by atoms with Crippen LogP contribution in [0, 0.1) is 0 Å².